The first-order chi connectivity index (χ1) is 16.1. The highest BCUT2D eigenvalue weighted by Crippen LogP contribution is 2.23. The number of hydrogen-bond acceptors (Lipinski definition) is 4. The number of amides is 2. The van der Waals surface area contributed by atoms with Crippen molar-refractivity contribution in [3.8, 4) is 0 Å². The molecule has 0 aliphatic heterocycles. The van der Waals surface area contributed by atoms with Crippen LogP contribution < -0.4 is 9.62 Å². The highest BCUT2D eigenvalue weighted by Gasteiger charge is 2.31. The van der Waals surface area contributed by atoms with E-state index in [-0.39, 0.29) is 12.5 Å². The first-order valence-corrected chi connectivity index (χ1v) is 14.1. The third-order valence-electron chi connectivity index (χ3n) is 5.43. The summed E-state index contributed by atoms with van der Waals surface area (Å²) < 4.78 is 27.0. The molecule has 34 heavy (non-hydrogen) atoms. The van der Waals surface area contributed by atoms with Gasteiger partial charge in [-0.2, -0.15) is 0 Å². The zero-order valence-corrected chi connectivity index (χ0v) is 22.7. The summed E-state index contributed by atoms with van der Waals surface area (Å²) in [5, 5.41) is 2.92. The van der Waals surface area contributed by atoms with Gasteiger partial charge < -0.3 is 10.2 Å². The summed E-state index contributed by atoms with van der Waals surface area (Å²) in [4.78, 5) is 28.1. The molecule has 0 aromatic heterocycles. The monoisotopic (exact) mass is 551 g/mol. The maximum absolute atomic E-state index is 13.6. The molecule has 9 heteroatoms. The molecular weight excluding hydrogens is 518 g/mol. The second-order valence-electron chi connectivity index (χ2n) is 8.33. The van der Waals surface area contributed by atoms with E-state index in [1.807, 2.05) is 45.0 Å². The van der Waals surface area contributed by atoms with Gasteiger partial charge in [0.15, 0.2) is 0 Å². The minimum absolute atomic E-state index is 0.205. The lowest BCUT2D eigenvalue weighted by atomic mass is 10.1. The van der Waals surface area contributed by atoms with Gasteiger partial charge in [0.2, 0.25) is 21.8 Å². The second-order valence-corrected chi connectivity index (χ2v) is 11.2. The van der Waals surface area contributed by atoms with Crippen molar-refractivity contribution in [1.82, 2.24) is 10.2 Å². The summed E-state index contributed by atoms with van der Waals surface area (Å²) in [5.41, 5.74) is 2.29. The Morgan fingerprint density at radius 3 is 2.38 bits per heavy atom. The number of benzene rings is 2. The molecule has 0 saturated carbocycles. The number of aryl methyl sites for hydroxylation is 1. The fourth-order valence-electron chi connectivity index (χ4n) is 3.68. The van der Waals surface area contributed by atoms with Gasteiger partial charge in [-0.1, -0.05) is 72.1 Å². The van der Waals surface area contributed by atoms with E-state index in [4.69, 9.17) is 0 Å². The SMILES string of the molecule is CCCCNC(=O)[C@H](CC)N(Cc1cccc(C)c1)C(=O)CN(c1cccc(Br)c1)S(C)(=O)=O. The molecule has 7 nitrogen and oxygen atoms in total. The number of halogens is 1. The molecule has 2 aromatic carbocycles. The lowest BCUT2D eigenvalue weighted by molar-refractivity contribution is -0.140. The number of hydrogen-bond donors (Lipinski definition) is 1. The van der Waals surface area contributed by atoms with Crippen LogP contribution in [-0.4, -0.2) is 50.5 Å². The first kappa shape index (κ1) is 27.9. The molecule has 2 amide bonds. The van der Waals surface area contributed by atoms with Crippen molar-refractivity contribution < 1.29 is 18.0 Å². The van der Waals surface area contributed by atoms with Gasteiger partial charge in [0.1, 0.15) is 12.6 Å². The Bertz CT molecular complexity index is 1090. The average Bonchev–Trinajstić information content (AvgIpc) is 2.76. The summed E-state index contributed by atoms with van der Waals surface area (Å²) in [5.74, 6) is -0.672. The molecule has 1 atom stereocenters. The van der Waals surface area contributed by atoms with E-state index < -0.39 is 28.5 Å². The van der Waals surface area contributed by atoms with Crippen LogP contribution in [0, 0.1) is 6.92 Å². The molecule has 0 aliphatic rings. The van der Waals surface area contributed by atoms with Crippen LogP contribution in [0.1, 0.15) is 44.2 Å². The quantitative estimate of drug-likeness (QED) is 0.399. The maximum atomic E-state index is 13.6. The number of carbonyl (C=O) groups is 2. The molecule has 0 spiro atoms. The second kappa shape index (κ2) is 12.9. The topological polar surface area (TPSA) is 86.8 Å². The van der Waals surface area contributed by atoms with Crippen molar-refractivity contribution in [2.45, 2.75) is 52.6 Å². The largest absolute Gasteiger partial charge is 0.354 e. The molecule has 186 valence electrons. The number of unbranched alkanes of at least 4 members (excludes halogenated alkanes) is 1. The van der Waals surface area contributed by atoms with Gasteiger partial charge in [-0.15, -0.1) is 0 Å². The van der Waals surface area contributed by atoms with Gasteiger partial charge in [-0.3, -0.25) is 13.9 Å². The Hall–Kier alpha value is -2.39. The van der Waals surface area contributed by atoms with Crippen LogP contribution in [0.3, 0.4) is 0 Å². The van der Waals surface area contributed by atoms with Crippen molar-refractivity contribution in [1.29, 1.82) is 0 Å². The predicted octanol–water partition coefficient (Wildman–Crippen LogP) is 4.25. The molecule has 0 radical (unpaired) electrons. The van der Waals surface area contributed by atoms with Crippen LogP contribution in [0.4, 0.5) is 5.69 Å². The van der Waals surface area contributed by atoms with Gasteiger partial charge >= 0.3 is 0 Å². The van der Waals surface area contributed by atoms with Crippen LogP contribution in [0.5, 0.6) is 0 Å². The Morgan fingerprint density at radius 1 is 1.09 bits per heavy atom. The molecule has 0 bridgehead atoms. The standard InChI is InChI=1S/C25H34BrN3O4S/c1-5-7-14-27-25(31)23(6-2)28(17-20-11-8-10-19(3)15-20)24(30)18-29(34(4,32)33)22-13-9-12-21(26)16-22/h8-13,15-16,23H,5-7,14,17-18H2,1-4H3,(H,27,31)/t23-/m0/s1. The summed E-state index contributed by atoms with van der Waals surface area (Å²) in [6.07, 6.45) is 3.27. The number of rotatable bonds is 12. The van der Waals surface area contributed by atoms with Crippen LogP contribution >= 0.6 is 15.9 Å². The normalized spacial score (nSPS) is 12.1. The fourth-order valence-corrected chi connectivity index (χ4v) is 4.91. The Morgan fingerprint density at radius 2 is 1.79 bits per heavy atom. The third kappa shape index (κ3) is 8.13. The number of sulfonamides is 1. The van der Waals surface area contributed by atoms with E-state index in [9.17, 15) is 18.0 Å². The van der Waals surface area contributed by atoms with E-state index in [1.165, 1.54) is 4.90 Å². The van der Waals surface area contributed by atoms with Crippen LogP contribution in [0.15, 0.2) is 53.0 Å². The van der Waals surface area contributed by atoms with Gasteiger partial charge in [0, 0.05) is 17.6 Å². The van der Waals surface area contributed by atoms with E-state index in [0.29, 0.717) is 23.1 Å². The molecule has 1 N–H and O–H groups in total. The third-order valence-corrected chi connectivity index (χ3v) is 7.06. The van der Waals surface area contributed by atoms with Crippen LogP contribution in [0.2, 0.25) is 0 Å². The van der Waals surface area contributed by atoms with Crippen LogP contribution in [0.25, 0.3) is 0 Å². The minimum atomic E-state index is -3.75. The molecular formula is C25H34BrN3O4S. The molecule has 0 aliphatic carbocycles. The van der Waals surface area contributed by atoms with Crippen molar-refractivity contribution in [2.24, 2.45) is 0 Å². The smallest absolute Gasteiger partial charge is 0.244 e. The molecule has 0 saturated heterocycles. The summed E-state index contributed by atoms with van der Waals surface area (Å²) in [7, 11) is -3.75. The summed E-state index contributed by atoms with van der Waals surface area (Å²) >= 11 is 3.36. The molecule has 0 unspecified atom stereocenters. The fraction of sp³-hybridized carbons (Fsp3) is 0.440. The molecule has 0 heterocycles. The predicted molar refractivity (Wildman–Crippen MR) is 140 cm³/mol. The van der Waals surface area contributed by atoms with Gasteiger partial charge in [-0.05, 0) is 43.5 Å². The minimum Gasteiger partial charge on any atom is -0.354 e. The van der Waals surface area contributed by atoms with Crippen molar-refractivity contribution in [3.63, 3.8) is 0 Å². The van der Waals surface area contributed by atoms with E-state index in [1.54, 1.807) is 24.3 Å². The zero-order valence-electron chi connectivity index (χ0n) is 20.3. The maximum Gasteiger partial charge on any atom is 0.244 e. The highest BCUT2D eigenvalue weighted by molar-refractivity contribution is 9.10. The van der Waals surface area contributed by atoms with E-state index in [2.05, 4.69) is 21.2 Å². The summed E-state index contributed by atoms with van der Waals surface area (Å²) in [6, 6.07) is 13.8. The highest BCUT2D eigenvalue weighted by atomic mass is 79.9. The summed E-state index contributed by atoms with van der Waals surface area (Å²) in [6.45, 7) is 6.19. The molecule has 2 rings (SSSR count). The van der Waals surface area contributed by atoms with E-state index in [0.717, 1.165) is 34.5 Å². The van der Waals surface area contributed by atoms with Crippen molar-refractivity contribution >= 4 is 43.5 Å². The van der Waals surface area contributed by atoms with Gasteiger partial charge in [0.05, 0.1) is 11.9 Å². The molecule has 0 fully saturated rings. The Kier molecular flexibility index (Phi) is 10.6. The van der Waals surface area contributed by atoms with Gasteiger partial charge in [0.25, 0.3) is 0 Å². The van der Waals surface area contributed by atoms with E-state index >= 15 is 0 Å². The number of carbonyl (C=O) groups excluding carboxylic acids is 2. The zero-order chi connectivity index (χ0) is 25.3. The van der Waals surface area contributed by atoms with Crippen molar-refractivity contribution in [2.75, 3.05) is 23.7 Å². The Labute approximate surface area is 211 Å². The lowest BCUT2D eigenvalue weighted by Gasteiger charge is -2.33. The number of nitrogens with one attached hydrogen (secondary N) is 1. The van der Waals surface area contributed by atoms with Crippen molar-refractivity contribution in [3.05, 3.63) is 64.1 Å². The Balaban J connectivity index is 2.40. The number of anilines is 1. The first-order valence-electron chi connectivity index (χ1n) is 11.4. The van der Waals surface area contributed by atoms with Gasteiger partial charge in [-0.25, -0.2) is 8.42 Å². The van der Waals surface area contributed by atoms with Crippen LogP contribution in [-0.2, 0) is 26.2 Å². The average molecular weight is 553 g/mol. The molecule has 2 aromatic rings. The number of nitrogens with zero attached hydrogens (tertiary/aromatic N) is 2. The lowest BCUT2D eigenvalue weighted by Crippen LogP contribution is -2.52.